The lowest BCUT2D eigenvalue weighted by atomic mass is 9.99. The van der Waals surface area contributed by atoms with Gasteiger partial charge in [-0.25, -0.2) is 0 Å². The van der Waals surface area contributed by atoms with Crippen LogP contribution in [0.15, 0.2) is 18.2 Å². The molecule has 0 aliphatic carbocycles. The van der Waals surface area contributed by atoms with E-state index in [1.807, 2.05) is 19.1 Å². The van der Waals surface area contributed by atoms with Gasteiger partial charge >= 0.3 is 0 Å². The molecule has 3 nitrogen and oxygen atoms in total. The molecule has 1 heterocycles. The average molecular weight is 220 g/mol. The molecule has 1 aliphatic rings. The van der Waals surface area contributed by atoms with Crippen LogP contribution < -0.4 is 10.6 Å². The zero-order valence-electron chi connectivity index (χ0n) is 9.79. The predicted molar refractivity (Wildman–Crippen MR) is 66.9 cm³/mol. The van der Waals surface area contributed by atoms with Gasteiger partial charge in [-0.2, -0.15) is 0 Å². The van der Waals surface area contributed by atoms with Crippen LogP contribution in [0.4, 0.5) is 5.69 Å². The second-order valence-electron chi connectivity index (χ2n) is 4.59. The number of hydrogen-bond donors (Lipinski definition) is 3. The number of phenols is 1. The van der Waals surface area contributed by atoms with E-state index in [0.717, 1.165) is 36.8 Å². The highest BCUT2D eigenvalue weighted by molar-refractivity contribution is 5.50. The van der Waals surface area contributed by atoms with E-state index in [0.29, 0.717) is 5.75 Å². The molecule has 0 aromatic heterocycles. The second-order valence-corrected chi connectivity index (χ2v) is 4.59. The van der Waals surface area contributed by atoms with Crippen LogP contribution in [0, 0.1) is 12.8 Å². The third-order valence-corrected chi connectivity index (χ3v) is 3.19. The van der Waals surface area contributed by atoms with Crippen molar-refractivity contribution in [1.82, 2.24) is 5.32 Å². The second kappa shape index (κ2) is 5.21. The number of aryl methyl sites for hydroxylation is 1. The molecule has 1 aliphatic heterocycles. The van der Waals surface area contributed by atoms with Gasteiger partial charge in [-0.05, 0) is 62.5 Å². The third-order valence-electron chi connectivity index (χ3n) is 3.19. The molecule has 0 spiro atoms. The molecule has 0 radical (unpaired) electrons. The summed E-state index contributed by atoms with van der Waals surface area (Å²) in [6.45, 7) is 5.21. The summed E-state index contributed by atoms with van der Waals surface area (Å²) >= 11 is 0. The fraction of sp³-hybridized carbons (Fsp3) is 0.538. The zero-order valence-corrected chi connectivity index (χ0v) is 9.79. The first-order chi connectivity index (χ1) is 7.75. The van der Waals surface area contributed by atoms with Crippen molar-refractivity contribution in [3.8, 4) is 5.75 Å². The first kappa shape index (κ1) is 11.3. The standard InChI is InChI=1S/C13H20N2O/c1-10-7-12(4-5-13(10)16)15-9-11-3-2-6-14-8-11/h4-5,7,11,14-16H,2-3,6,8-9H2,1H3. The fourth-order valence-electron chi connectivity index (χ4n) is 2.13. The van der Waals surface area contributed by atoms with Gasteiger partial charge in [0, 0.05) is 12.2 Å². The van der Waals surface area contributed by atoms with Crippen LogP contribution in [0.1, 0.15) is 18.4 Å². The number of anilines is 1. The summed E-state index contributed by atoms with van der Waals surface area (Å²) in [5.41, 5.74) is 2.02. The zero-order chi connectivity index (χ0) is 11.4. The van der Waals surface area contributed by atoms with Crippen LogP contribution in [0.3, 0.4) is 0 Å². The van der Waals surface area contributed by atoms with E-state index in [1.165, 1.54) is 12.8 Å². The maximum atomic E-state index is 9.42. The van der Waals surface area contributed by atoms with Gasteiger partial charge < -0.3 is 15.7 Å². The molecule has 1 aromatic carbocycles. The van der Waals surface area contributed by atoms with E-state index in [4.69, 9.17) is 0 Å². The highest BCUT2D eigenvalue weighted by Gasteiger charge is 2.12. The van der Waals surface area contributed by atoms with E-state index in [9.17, 15) is 5.11 Å². The summed E-state index contributed by atoms with van der Waals surface area (Å²) in [6.07, 6.45) is 2.58. The number of rotatable bonds is 3. The minimum atomic E-state index is 0.366. The van der Waals surface area contributed by atoms with Crippen LogP contribution in [-0.4, -0.2) is 24.7 Å². The average Bonchev–Trinajstić information content (AvgIpc) is 2.32. The van der Waals surface area contributed by atoms with E-state index >= 15 is 0 Å². The van der Waals surface area contributed by atoms with E-state index in [1.54, 1.807) is 6.07 Å². The lowest BCUT2D eigenvalue weighted by Crippen LogP contribution is -2.33. The maximum absolute atomic E-state index is 9.42. The van der Waals surface area contributed by atoms with Gasteiger partial charge in [0.25, 0.3) is 0 Å². The predicted octanol–water partition coefficient (Wildman–Crippen LogP) is 2.11. The van der Waals surface area contributed by atoms with Crippen LogP contribution in [0.5, 0.6) is 5.75 Å². The molecule has 1 saturated heterocycles. The largest absolute Gasteiger partial charge is 0.508 e. The Morgan fingerprint density at radius 1 is 1.50 bits per heavy atom. The van der Waals surface area contributed by atoms with Crippen LogP contribution in [0.25, 0.3) is 0 Å². The smallest absolute Gasteiger partial charge is 0.118 e. The molecule has 1 atom stereocenters. The Morgan fingerprint density at radius 3 is 3.06 bits per heavy atom. The highest BCUT2D eigenvalue weighted by atomic mass is 16.3. The Hall–Kier alpha value is -1.22. The van der Waals surface area contributed by atoms with E-state index < -0.39 is 0 Å². The summed E-state index contributed by atoms with van der Waals surface area (Å²) < 4.78 is 0. The molecular formula is C13H20N2O. The lowest BCUT2D eigenvalue weighted by molar-refractivity contribution is 0.393. The molecule has 0 saturated carbocycles. The van der Waals surface area contributed by atoms with Crippen LogP contribution in [-0.2, 0) is 0 Å². The van der Waals surface area contributed by atoms with Gasteiger partial charge in [-0.1, -0.05) is 0 Å². The summed E-state index contributed by atoms with van der Waals surface area (Å²) in [5.74, 6) is 1.09. The van der Waals surface area contributed by atoms with Crippen molar-refractivity contribution in [2.45, 2.75) is 19.8 Å². The number of phenolic OH excluding ortho intramolecular Hbond substituents is 1. The summed E-state index contributed by atoms with van der Waals surface area (Å²) in [6, 6.07) is 5.67. The fourth-order valence-corrected chi connectivity index (χ4v) is 2.13. The SMILES string of the molecule is Cc1cc(NCC2CCCNC2)ccc1O. The Kier molecular flexibility index (Phi) is 3.67. The molecule has 1 unspecified atom stereocenters. The van der Waals surface area contributed by atoms with Crippen molar-refractivity contribution in [3.05, 3.63) is 23.8 Å². The minimum absolute atomic E-state index is 0.366. The number of nitrogens with one attached hydrogen (secondary N) is 2. The van der Waals surface area contributed by atoms with Crippen molar-refractivity contribution < 1.29 is 5.11 Å². The Bertz CT molecular complexity index is 346. The first-order valence-corrected chi connectivity index (χ1v) is 6.00. The topological polar surface area (TPSA) is 44.3 Å². The van der Waals surface area contributed by atoms with Gasteiger partial charge in [-0.3, -0.25) is 0 Å². The Morgan fingerprint density at radius 2 is 2.38 bits per heavy atom. The molecule has 3 N–H and O–H groups in total. The maximum Gasteiger partial charge on any atom is 0.118 e. The van der Waals surface area contributed by atoms with Crippen molar-refractivity contribution in [3.63, 3.8) is 0 Å². The van der Waals surface area contributed by atoms with E-state index in [-0.39, 0.29) is 0 Å². The van der Waals surface area contributed by atoms with Crippen LogP contribution >= 0.6 is 0 Å². The molecule has 3 heteroatoms. The van der Waals surface area contributed by atoms with Crippen LogP contribution in [0.2, 0.25) is 0 Å². The molecule has 88 valence electrons. The summed E-state index contributed by atoms with van der Waals surface area (Å²) in [5, 5.41) is 16.3. The Labute approximate surface area is 96.9 Å². The molecule has 1 fully saturated rings. The summed E-state index contributed by atoms with van der Waals surface area (Å²) in [4.78, 5) is 0. The number of benzene rings is 1. The van der Waals surface area contributed by atoms with Crippen molar-refractivity contribution >= 4 is 5.69 Å². The van der Waals surface area contributed by atoms with Gasteiger partial charge in [0.15, 0.2) is 0 Å². The third kappa shape index (κ3) is 2.89. The first-order valence-electron chi connectivity index (χ1n) is 6.00. The number of hydrogen-bond acceptors (Lipinski definition) is 3. The Balaban J connectivity index is 1.86. The number of piperidine rings is 1. The van der Waals surface area contributed by atoms with Crippen molar-refractivity contribution in [2.75, 3.05) is 25.0 Å². The molecule has 0 amide bonds. The van der Waals surface area contributed by atoms with Gasteiger partial charge in [0.1, 0.15) is 5.75 Å². The van der Waals surface area contributed by atoms with E-state index in [2.05, 4.69) is 10.6 Å². The lowest BCUT2D eigenvalue weighted by Gasteiger charge is -2.23. The molecule has 2 rings (SSSR count). The minimum Gasteiger partial charge on any atom is -0.508 e. The monoisotopic (exact) mass is 220 g/mol. The summed E-state index contributed by atoms with van der Waals surface area (Å²) in [7, 11) is 0. The van der Waals surface area contributed by atoms with Crippen molar-refractivity contribution in [2.24, 2.45) is 5.92 Å². The highest BCUT2D eigenvalue weighted by Crippen LogP contribution is 2.20. The van der Waals surface area contributed by atoms with Gasteiger partial charge in [0.05, 0.1) is 0 Å². The number of aromatic hydroxyl groups is 1. The molecule has 0 bridgehead atoms. The van der Waals surface area contributed by atoms with Crippen molar-refractivity contribution in [1.29, 1.82) is 0 Å². The molecule has 1 aromatic rings. The van der Waals surface area contributed by atoms with Gasteiger partial charge in [0.2, 0.25) is 0 Å². The van der Waals surface area contributed by atoms with Gasteiger partial charge in [-0.15, -0.1) is 0 Å². The molecular weight excluding hydrogens is 200 g/mol. The quantitative estimate of drug-likeness (QED) is 0.684. The normalized spacial score (nSPS) is 20.7. The molecule has 16 heavy (non-hydrogen) atoms.